The molecule has 0 radical (unpaired) electrons. The van der Waals surface area contributed by atoms with Crippen molar-refractivity contribution >= 4 is 23.4 Å². The van der Waals surface area contributed by atoms with Crippen molar-refractivity contribution in [2.75, 3.05) is 30.8 Å². The Bertz CT molecular complexity index is 1210. The zero-order valence-electron chi connectivity index (χ0n) is 17.4. The van der Waals surface area contributed by atoms with Gasteiger partial charge < -0.3 is 21.1 Å². The Morgan fingerprint density at radius 1 is 1.42 bits per heavy atom. The fourth-order valence-electron chi connectivity index (χ4n) is 3.58. The van der Waals surface area contributed by atoms with Crippen LogP contribution in [0.5, 0.6) is 0 Å². The van der Waals surface area contributed by atoms with Crippen molar-refractivity contribution in [1.29, 1.82) is 5.26 Å². The second-order valence-corrected chi connectivity index (χ2v) is 7.64. The lowest BCUT2D eigenvalue weighted by atomic mass is 9.83. The van der Waals surface area contributed by atoms with Gasteiger partial charge >= 0.3 is 0 Å². The smallest absolute Gasteiger partial charge is 0.271 e. The summed E-state index contributed by atoms with van der Waals surface area (Å²) in [6, 6.07) is 9.31. The fraction of sp³-hybridized carbons (Fsp3) is 0.286. The van der Waals surface area contributed by atoms with Crippen LogP contribution in [0.25, 0.3) is 11.3 Å². The predicted molar refractivity (Wildman–Crippen MR) is 115 cm³/mol. The van der Waals surface area contributed by atoms with Gasteiger partial charge in [0, 0.05) is 43.9 Å². The van der Waals surface area contributed by atoms with Gasteiger partial charge in [0.05, 0.1) is 23.6 Å². The molecule has 0 spiro atoms. The number of rotatable bonds is 5. The van der Waals surface area contributed by atoms with Crippen LogP contribution in [-0.2, 0) is 12.5 Å². The number of carbonyl (C=O) groups is 1. The first-order chi connectivity index (χ1) is 14.9. The molecule has 1 aromatic carbocycles. The summed E-state index contributed by atoms with van der Waals surface area (Å²) in [5, 5.41) is 32.5. The number of nitrogens with one attached hydrogen (secondary N) is 3. The Hall–Kier alpha value is -3.97. The monoisotopic (exact) mass is 418 g/mol. The molecule has 0 saturated heterocycles. The van der Waals surface area contributed by atoms with E-state index in [9.17, 15) is 15.2 Å². The highest BCUT2D eigenvalue weighted by atomic mass is 16.3. The number of benzene rings is 1. The van der Waals surface area contributed by atoms with Gasteiger partial charge in [-0.25, -0.2) is 9.97 Å². The normalized spacial score (nSPS) is 16.9. The standard InChI is InChI=1S/C21H22N8O2/c1-21(11-30)10-25-18-13(9-22)6-12(7-14(18)21)15-4-5-24-20(26-15)27-17-8-16(19(31)23-2)28-29(17)3/h4-8,25,30H,10-11H2,1-3H3,(H,23,31)(H,24,26,27)/t21-/m1/s1. The zero-order valence-corrected chi connectivity index (χ0v) is 17.4. The Balaban J connectivity index is 1.70. The number of aliphatic hydroxyl groups excluding tert-OH is 1. The summed E-state index contributed by atoms with van der Waals surface area (Å²) in [4.78, 5) is 20.6. The van der Waals surface area contributed by atoms with Crippen molar-refractivity contribution in [3.05, 3.63) is 47.3 Å². The van der Waals surface area contributed by atoms with E-state index in [2.05, 4.69) is 37.1 Å². The van der Waals surface area contributed by atoms with Crippen molar-refractivity contribution in [3.8, 4) is 17.3 Å². The molecule has 0 fully saturated rings. The van der Waals surface area contributed by atoms with Crippen molar-refractivity contribution < 1.29 is 9.90 Å². The zero-order chi connectivity index (χ0) is 22.2. The van der Waals surface area contributed by atoms with Gasteiger partial charge in [-0.05, 0) is 23.8 Å². The van der Waals surface area contributed by atoms with Gasteiger partial charge in [-0.15, -0.1) is 0 Å². The van der Waals surface area contributed by atoms with Crippen LogP contribution in [0.3, 0.4) is 0 Å². The number of fused-ring (bicyclic) bond motifs is 1. The van der Waals surface area contributed by atoms with Crippen LogP contribution in [0.1, 0.15) is 28.5 Å². The van der Waals surface area contributed by atoms with Gasteiger partial charge in [-0.1, -0.05) is 6.92 Å². The van der Waals surface area contributed by atoms with Crippen LogP contribution in [0, 0.1) is 11.3 Å². The molecule has 0 bridgehead atoms. The Morgan fingerprint density at radius 2 is 2.23 bits per heavy atom. The fourth-order valence-corrected chi connectivity index (χ4v) is 3.58. The summed E-state index contributed by atoms with van der Waals surface area (Å²) in [6.07, 6.45) is 1.61. The largest absolute Gasteiger partial charge is 0.395 e. The number of hydrogen-bond donors (Lipinski definition) is 4. The number of anilines is 3. The Labute approximate surface area is 179 Å². The molecule has 1 aliphatic heterocycles. The molecule has 10 nitrogen and oxygen atoms in total. The number of amides is 1. The maximum Gasteiger partial charge on any atom is 0.271 e. The molecule has 0 aliphatic carbocycles. The summed E-state index contributed by atoms with van der Waals surface area (Å²) in [5.41, 5.74) is 3.32. The highest BCUT2D eigenvalue weighted by Crippen LogP contribution is 2.41. The summed E-state index contributed by atoms with van der Waals surface area (Å²) < 4.78 is 1.53. The summed E-state index contributed by atoms with van der Waals surface area (Å²) in [5.74, 6) is 0.589. The molecule has 2 aromatic heterocycles. The summed E-state index contributed by atoms with van der Waals surface area (Å²) in [6.45, 7) is 2.48. The third-order valence-electron chi connectivity index (χ3n) is 5.44. The van der Waals surface area contributed by atoms with Crippen LogP contribution in [0.15, 0.2) is 30.5 Å². The van der Waals surface area contributed by atoms with E-state index >= 15 is 0 Å². The molecule has 158 valence electrons. The number of nitrogens with zero attached hydrogens (tertiary/aromatic N) is 5. The van der Waals surface area contributed by atoms with Crippen LogP contribution in [0.4, 0.5) is 17.5 Å². The van der Waals surface area contributed by atoms with Crippen LogP contribution < -0.4 is 16.0 Å². The van der Waals surface area contributed by atoms with E-state index in [0.29, 0.717) is 29.6 Å². The first-order valence-corrected chi connectivity index (χ1v) is 9.68. The van der Waals surface area contributed by atoms with Gasteiger partial charge in [0.25, 0.3) is 5.91 Å². The maximum absolute atomic E-state index is 11.8. The topological polar surface area (TPSA) is 141 Å². The number of aliphatic hydroxyl groups is 1. The van der Waals surface area contributed by atoms with Crippen molar-refractivity contribution in [3.63, 3.8) is 0 Å². The van der Waals surface area contributed by atoms with E-state index in [-0.39, 0.29) is 18.2 Å². The minimum Gasteiger partial charge on any atom is -0.395 e. The lowest BCUT2D eigenvalue weighted by Crippen LogP contribution is -2.28. The van der Waals surface area contributed by atoms with Crippen molar-refractivity contribution in [2.45, 2.75) is 12.3 Å². The molecule has 1 atom stereocenters. The van der Waals surface area contributed by atoms with E-state index in [1.807, 2.05) is 13.0 Å². The summed E-state index contributed by atoms with van der Waals surface area (Å²) >= 11 is 0. The molecule has 3 aromatic rings. The van der Waals surface area contributed by atoms with Gasteiger partial charge in [0.1, 0.15) is 11.9 Å². The van der Waals surface area contributed by atoms with Crippen LogP contribution in [-0.4, -0.2) is 51.0 Å². The van der Waals surface area contributed by atoms with Crippen molar-refractivity contribution in [2.24, 2.45) is 7.05 Å². The third kappa shape index (κ3) is 3.55. The molecule has 3 heterocycles. The molecular formula is C21H22N8O2. The Kier molecular flexibility index (Phi) is 5.04. The van der Waals surface area contributed by atoms with E-state index < -0.39 is 5.41 Å². The molecule has 1 amide bonds. The number of carbonyl (C=O) groups excluding carboxylic acids is 1. The lowest BCUT2D eigenvalue weighted by molar-refractivity contribution is 0.0957. The molecule has 4 rings (SSSR count). The quantitative estimate of drug-likeness (QED) is 0.489. The van der Waals surface area contributed by atoms with Crippen LogP contribution in [0.2, 0.25) is 0 Å². The molecular weight excluding hydrogens is 396 g/mol. The average molecular weight is 418 g/mol. The van der Waals surface area contributed by atoms with Crippen LogP contribution >= 0.6 is 0 Å². The molecule has 4 N–H and O–H groups in total. The lowest BCUT2D eigenvalue weighted by Gasteiger charge is -2.21. The number of hydrogen-bond acceptors (Lipinski definition) is 8. The summed E-state index contributed by atoms with van der Waals surface area (Å²) in [7, 11) is 3.25. The molecule has 0 unspecified atom stereocenters. The predicted octanol–water partition coefficient (Wildman–Crippen LogP) is 1.53. The minimum absolute atomic E-state index is 0.0357. The number of aryl methyl sites for hydroxylation is 1. The van der Waals surface area contributed by atoms with Gasteiger partial charge in [0.15, 0.2) is 5.69 Å². The Morgan fingerprint density at radius 3 is 2.94 bits per heavy atom. The van der Waals surface area contributed by atoms with Gasteiger partial charge in [0.2, 0.25) is 5.95 Å². The molecule has 10 heteroatoms. The number of aromatic nitrogens is 4. The highest BCUT2D eigenvalue weighted by Gasteiger charge is 2.36. The van der Waals surface area contributed by atoms with Gasteiger partial charge in [-0.2, -0.15) is 10.4 Å². The minimum atomic E-state index is -0.476. The molecule has 0 saturated carbocycles. The SMILES string of the molecule is CNC(=O)c1cc(Nc2nccc(-c3cc(C#N)c4c(c3)[C@@](C)(CO)CN4)n2)n(C)n1. The maximum atomic E-state index is 11.8. The van der Waals surface area contributed by atoms with Gasteiger partial charge in [-0.3, -0.25) is 9.48 Å². The molecule has 1 aliphatic rings. The first kappa shape index (κ1) is 20.3. The van der Waals surface area contributed by atoms with E-state index in [1.165, 1.54) is 4.68 Å². The molecule has 31 heavy (non-hydrogen) atoms. The first-order valence-electron chi connectivity index (χ1n) is 9.68. The van der Waals surface area contributed by atoms with E-state index in [0.717, 1.165) is 16.8 Å². The second kappa shape index (κ2) is 7.70. The van der Waals surface area contributed by atoms with E-state index in [4.69, 9.17) is 0 Å². The second-order valence-electron chi connectivity index (χ2n) is 7.64. The third-order valence-corrected chi connectivity index (χ3v) is 5.44. The van der Waals surface area contributed by atoms with E-state index in [1.54, 1.807) is 38.5 Å². The average Bonchev–Trinajstić information content (AvgIpc) is 3.33. The highest BCUT2D eigenvalue weighted by molar-refractivity contribution is 5.93. The van der Waals surface area contributed by atoms with Crippen molar-refractivity contribution in [1.82, 2.24) is 25.1 Å². The number of nitriles is 1.